The summed E-state index contributed by atoms with van der Waals surface area (Å²) in [6.07, 6.45) is 0. The Hall–Kier alpha value is -1.75. The minimum absolute atomic E-state index is 0.233. The quantitative estimate of drug-likeness (QED) is 0.846. The molecule has 0 aliphatic carbocycles. The van der Waals surface area contributed by atoms with Crippen LogP contribution in [-0.2, 0) is 13.1 Å². The van der Waals surface area contributed by atoms with Crippen molar-refractivity contribution in [2.24, 2.45) is 5.73 Å². The molecule has 0 amide bonds. The molecule has 2 aromatic rings. The van der Waals surface area contributed by atoms with Crippen LogP contribution in [0.4, 0.5) is 4.39 Å². The first kappa shape index (κ1) is 10.8. The van der Waals surface area contributed by atoms with E-state index in [1.54, 1.807) is 12.1 Å². The van der Waals surface area contributed by atoms with E-state index in [9.17, 15) is 4.39 Å². The van der Waals surface area contributed by atoms with Crippen molar-refractivity contribution in [1.82, 2.24) is 14.8 Å². The fourth-order valence-electron chi connectivity index (χ4n) is 1.55. The number of benzene rings is 1. The first-order valence-electron chi connectivity index (χ1n) is 5.04. The number of nitrogens with zero attached hydrogens (tertiary/aromatic N) is 3. The second kappa shape index (κ2) is 4.40. The molecule has 2 rings (SSSR count). The number of hydrogen-bond donors (Lipinski definition) is 1. The fraction of sp³-hybridized carbons (Fsp3) is 0.273. The third-order valence-corrected chi connectivity index (χ3v) is 2.45. The fourth-order valence-corrected chi connectivity index (χ4v) is 1.55. The van der Waals surface area contributed by atoms with Crippen LogP contribution >= 0.6 is 0 Å². The van der Waals surface area contributed by atoms with Crippen molar-refractivity contribution >= 4 is 0 Å². The zero-order valence-corrected chi connectivity index (χ0v) is 9.02. The number of halogens is 1. The molecule has 0 radical (unpaired) electrons. The van der Waals surface area contributed by atoms with Gasteiger partial charge in [0.05, 0.1) is 13.1 Å². The van der Waals surface area contributed by atoms with Crippen molar-refractivity contribution in [2.45, 2.75) is 20.0 Å². The normalized spacial score (nSPS) is 10.7. The largest absolute Gasteiger partial charge is 0.324 e. The van der Waals surface area contributed by atoms with Gasteiger partial charge in [-0.2, -0.15) is 0 Å². The molecule has 2 N–H and O–H groups in total. The monoisotopic (exact) mass is 220 g/mol. The second-order valence-electron chi connectivity index (χ2n) is 3.58. The Labute approximate surface area is 92.9 Å². The molecule has 0 spiro atoms. The Morgan fingerprint density at radius 3 is 2.56 bits per heavy atom. The van der Waals surface area contributed by atoms with Crippen LogP contribution < -0.4 is 5.73 Å². The predicted molar refractivity (Wildman–Crippen MR) is 58.2 cm³/mol. The van der Waals surface area contributed by atoms with Crippen LogP contribution in [-0.4, -0.2) is 14.8 Å². The van der Waals surface area contributed by atoms with Crippen molar-refractivity contribution in [2.75, 3.05) is 0 Å². The number of aromatic nitrogens is 3. The number of hydrogen-bond acceptors (Lipinski definition) is 3. The topological polar surface area (TPSA) is 56.7 Å². The lowest BCUT2D eigenvalue weighted by molar-refractivity contribution is 0.625. The Balaban J connectivity index is 2.26. The van der Waals surface area contributed by atoms with Crippen molar-refractivity contribution in [1.29, 1.82) is 0 Å². The van der Waals surface area contributed by atoms with E-state index >= 15 is 0 Å². The standard InChI is InChI=1S/C11H13FN4/c1-8-14-15-11(6-13)16(8)7-9-2-4-10(12)5-3-9/h2-5H,6-7,13H2,1H3. The SMILES string of the molecule is Cc1nnc(CN)n1Cc1ccc(F)cc1. The molecule has 16 heavy (non-hydrogen) atoms. The third-order valence-electron chi connectivity index (χ3n) is 2.45. The van der Waals surface area contributed by atoms with Crippen molar-refractivity contribution in [3.05, 3.63) is 47.3 Å². The highest BCUT2D eigenvalue weighted by molar-refractivity contribution is 5.17. The number of rotatable bonds is 3. The zero-order chi connectivity index (χ0) is 11.5. The van der Waals surface area contributed by atoms with E-state index in [-0.39, 0.29) is 5.82 Å². The molecule has 4 nitrogen and oxygen atoms in total. The smallest absolute Gasteiger partial charge is 0.147 e. The summed E-state index contributed by atoms with van der Waals surface area (Å²) in [4.78, 5) is 0. The summed E-state index contributed by atoms with van der Waals surface area (Å²) in [5.41, 5.74) is 6.56. The molecule has 1 aromatic carbocycles. The molecule has 0 aliphatic heterocycles. The molecule has 84 valence electrons. The molecule has 0 atom stereocenters. The van der Waals surface area contributed by atoms with E-state index in [0.717, 1.165) is 17.2 Å². The summed E-state index contributed by atoms with van der Waals surface area (Å²) >= 11 is 0. The second-order valence-corrected chi connectivity index (χ2v) is 3.58. The lowest BCUT2D eigenvalue weighted by Crippen LogP contribution is -2.10. The van der Waals surface area contributed by atoms with Gasteiger partial charge in [-0.25, -0.2) is 4.39 Å². The van der Waals surface area contributed by atoms with Gasteiger partial charge in [-0.3, -0.25) is 0 Å². The lowest BCUT2D eigenvalue weighted by Gasteiger charge is -2.07. The molecule has 0 fully saturated rings. The van der Waals surface area contributed by atoms with Crippen LogP contribution in [0.5, 0.6) is 0 Å². The average molecular weight is 220 g/mol. The number of nitrogens with two attached hydrogens (primary N) is 1. The van der Waals surface area contributed by atoms with Gasteiger partial charge >= 0.3 is 0 Å². The molecule has 0 aliphatic rings. The van der Waals surface area contributed by atoms with E-state index in [4.69, 9.17) is 5.73 Å². The van der Waals surface area contributed by atoms with Gasteiger partial charge in [-0.1, -0.05) is 12.1 Å². The van der Waals surface area contributed by atoms with Crippen LogP contribution in [0.2, 0.25) is 0 Å². The molecule has 0 bridgehead atoms. The Kier molecular flexibility index (Phi) is 2.96. The van der Waals surface area contributed by atoms with Gasteiger partial charge in [0.15, 0.2) is 0 Å². The zero-order valence-electron chi connectivity index (χ0n) is 9.02. The maximum absolute atomic E-state index is 12.7. The van der Waals surface area contributed by atoms with Crippen LogP contribution in [0.15, 0.2) is 24.3 Å². The van der Waals surface area contributed by atoms with Gasteiger partial charge in [-0.05, 0) is 24.6 Å². The summed E-state index contributed by atoms with van der Waals surface area (Å²) < 4.78 is 14.7. The van der Waals surface area contributed by atoms with Crippen molar-refractivity contribution in [3.8, 4) is 0 Å². The molecular formula is C11H13FN4. The summed E-state index contributed by atoms with van der Waals surface area (Å²) in [5.74, 6) is 1.31. The average Bonchev–Trinajstić information content (AvgIpc) is 2.63. The highest BCUT2D eigenvalue weighted by Crippen LogP contribution is 2.08. The summed E-state index contributed by atoms with van der Waals surface area (Å²) in [6.45, 7) is 2.84. The highest BCUT2D eigenvalue weighted by atomic mass is 19.1. The van der Waals surface area contributed by atoms with Gasteiger partial charge in [0.2, 0.25) is 0 Å². The summed E-state index contributed by atoms with van der Waals surface area (Å²) in [7, 11) is 0. The van der Waals surface area contributed by atoms with E-state index in [1.165, 1.54) is 12.1 Å². The summed E-state index contributed by atoms with van der Waals surface area (Å²) in [5, 5.41) is 7.92. The van der Waals surface area contributed by atoms with Crippen molar-refractivity contribution in [3.63, 3.8) is 0 Å². The van der Waals surface area contributed by atoms with E-state index < -0.39 is 0 Å². The number of aryl methyl sites for hydroxylation is 1. The summed E-state index contributed by atoms with van der Waals surface area (Å²) in [6, 6.07) is 6.37. The van der Waals surface area contributed by atoms with Crippen LogP contribution in [0.3, 0.4) is 0 Å². The van der Waals surface area contributed by atoms with Crippen LogP contribution in [0.25, 0.3) is 0 Å². The van der Waals surface area contributed by atoms with Gasteiger partial charge in [0, 0.05) is 0 Å². The van der Waals surface area contributed by atoms with Gasteiger partial charge < -0.3 is 10.3 Å². The predicted octanol–water partition coefficient (Wildman–Crippen LogP) is 1.23. The van der Waals surface area contributed by atoms with E-state index in [0.29, 0.717) is 13.1 Å². The first-order chi connectivity index (χ1) is 7.70. The van der Waals surface area contributed by atoms with E-state index in [2.05, 4.69) is 10.2 Å². The molecule has 1 heterocycles. The van der Waals surface area contributed by atoms with Crippen LogP contribution in [0.1, 0.15) is 17.2 Å². The molecule has 0 saturated carbocycles. The minimum Gasteiger partial charge on any atom is -0.324 e. The molecule has 5 heteroatoms. The maximum atomic E-state index is 12.7. The molecular weight excluding hydrogens is 207 g/mol. The Morgan fingerprint density at radius 2 is 1.94 bits per heavy atom. The van der Waals surface area contributed by atoms with Gasteiger partial charge in [0.1, 0.15) is 17.5 Å². The van der Waals surface area contributed by atoms with Gasteiger partial charge in [-0.15, -0.1) is 10.2 Å². The molecule has 1 aromatic heterocycles. The van der Waals surface area contributed by atoms with E-state index in [1.807, 2.05) is 11.5 Å². The first-order valence-corrected chi connectivity index (χ1v) is 5.04. The van der Waals surface area contributed by atoms with Crippen molar-refractivity contribution < 1.29 is 4.39 Å². The van der Waals surface area contributed by atoms with Gasteiger partial charge in [0.25, 0.3) is 0 Å². The highest BCUT2D eigenvalue weighted by Gasteiger charge is 2.07. The molecule has 0 saturated heterocycles. The Bertz CT molecular complexity index is 475. The molecule has 0 unspecified atom stereocenters. The Morgan fingerprint density at radius 1 is 1.25 bits per heavy atom. The third kappa shape index (κ3) is 2.09. The minimum atomic E-state index is -0.233. The lowest BCUT2D eigenvalue weighted by atomic mass is 10.2. The maximum Gasteiger partial charge on any atom is 0.147 e. The van der Waals surface area contributed by atoms with Crippen LogP contribution in [0, 0.1) is 12.7 Å².